The number of hydrogen-bond donors (Lipinski definition) is 0. The SMILES string of the molecule is C=CCN=c1scc(-c2ccc([N+](=O)[O-])cc2)n1N=Cc1ccc(N(CC)CC)cc1. The van der Waals surface area contributed by atoms with E-state index < -0.39 is 4.92 Å². The molecule has 8 heteroatoms. The zero-order valence-corrected chi connectivity index (χ0v) is 18.5. The average molecular weight is 436 g/mol. The van der Waals surface area contributed by atoms with Crippen molar-refractivity contribution < 1.29 is 4.92 Å². The summed E-state index contributed by atoms with van der Waals surface area (Å²) < 4.78 is 1.76. The number of non-ortho nitro benzene ring substituents is 1. The summed E-state index contributed by atoms with van der Waals surface area (Å²) in [6.07, 6.45) is 3.52. The van der Waals surface area contributed by atoms with Crippen molar-refractivity contribution in [3.05, 3.63) is 87.0 Å². The smallest absolute Gasteiger partial charge is 0.269 e. The van der Waals surface area contributed by atoms with Gasteiger partial charge in [0.25, 0.3) is 5.69 Å². The summed E-state index contributed by atoms with van der Waals surface area (Å²) in [5.41, 5.74) is 3.85. The molecule has 0 saturated heterocycles. The van der Waals surface area contributed by atoms with Gasteiger partial charge >= 0.3 is 0 Å². The number of thiazole rings is 1. The highest BCUT2D eigenvalue weighted by molar-refractivity contribution is 7.07. The molecule has 1 heterocycles. The first-order valence-corrected chi connectivity index (χ1v) is 10.9. The number of benzene rings is 2. The molecule has 0 N–H and O–H groups in total. The summed E-state index contributed by atoms with van der Waals surface area (Å²) in [7, 11) is 0. The van der Waals surface area contributed by atoms with Crippen LogP contribution in [0.5, 0.6) is 0 Å². The lowest BCUT2D eigenvalue weighted by atomic mass is 10.1. The number of nitro groups is 1. The van der Waals surface area contributed by atoms with Crippen molar-refractivity contribution >= 4 is 28.9 Å². The predicted molar refractivity (Wildman–Crippen MR) is 128 cm³/mol. The predicted octanol–water partition coefficient (Wildman–Crippen LogP) is 4.94. The third-order valence-electron chi connectivity index (χ3n) is 4.76. The van der Waals surface area contributed by atoms with Gasteiger partial charge in [0, 0.05) is 41.9 Å². The minimum Gasteiger partial charge on any atom is -0.372 e. The molecule has 0 aliphatic rings. The van der Waals surface area contributed by atoms with Crippen molar-refractivity contribution in [3.63, 3.8) is 0 Å². The molecule has 31 heavy (non-hydrogen) atoms. The molecule has 0 spiro atoms. The second-order valence-electron chi connectivity index (χ2n) is 6.66. The molecule has 0 radical (unpaired) electrons. The van der Waals surface area contributed by atoms with Crippen LogP contribution < -0.4 is 9.70 Å². The van der Waals surface area contributed by atoms with E-state index in [4.69, 9.17) is 0 Å². The minimum absolute atomic E-state index is 0.0545. The van der Waals surface area contributed by atoms with Gasteiger partial charge in [-0.25, -0.2) is 4.68 Å². The van der Waals surface area contributed by atoms with E-state index in [0.29, 0.717) is 6.54 Å². The monoisotopic (exact) mass is 435 g/mol. The molecule has 0 amide bonds. The van der Waals surface area contributed by atoms with Crippen LogP contribution in [0.1, 0.15) is 19.4 Å². The first-order valence-electron chi connectivity index (χ1n) is 10.0. The third kappa shape index (κ3) is 5.35. The van der Waals surface area contributed by atoms with Gasteiger partial charge in [0.05, 0.1) is 23.4 Å². The molecule has 0 fully saturated rings. The second-order valence-corrected chi connectivity index (χ2v) is 7.49. The number of nitrogens with zero attached hydrogens (tertiary/aromatic N) is 5. The van der Waals surface area contributed by atoms with Crippen LogP contribution in [-0.2, 0) is 0 Å². The Hall–Kier alpha value is -3.52. The molecular formula is C23H25N5O2S. The maximum atomic E-state index is 11.0. The van der Waals surface area contributed by atoms with Gasteiger partial charge in [-0.15, -0.1) is 17.9 Å². The number of aromatic nitrogens is 1. The molecule has 3 rings (SSSR count). The summed E-state index contributed by atoms with van der Waals surface area (Å²) in [5, 5.41) is 17.6. The Labute approximate surface area is 185 Å². The minimum atomic E-state index is -0.406. The van der Waals surface area contributed by atoms with Crippen molar-refractivity contribution in [1.82, 2.24) is 4.68 Å². The first-order chi connectivity index (χ1) is 15.1. The molecular weight excluding hydrogens is 410 g/mol. The molecule has 160 valence electrons. The maximum Gasteiger partial charge on any atom is 0.269 e. The van der Waals surface area contributed by atoms with E-state index in [1.54, 1.807) is 29.1 Å². The van der Waals surface area contributed by atoms with Gasteiger partial charge < -0.3 is 4.90 Å². The molecule has 0 aliphatic carbocycles. The van der Waals surface area contributed by atoms with Crippen LogP contribution in [0.25, 0.3) is 11.3 Å². The lowest BCUT2D eigenvalue weighted by Crippen LogP contribution is -2.21. The maximum absolute atomic E-state index is 11.0. The molecule has 1 aromatic heterocycles. The van der Waals surface area contributed by atoms with Gasteiger partial charge in [-0.05, 0) is 43.7 Å². The quantitative estimate of drug-likeness (QED) is 0.207. The summed E-state index contributed by atoms with van der Waals surface area (Å²) in [5.74, 6) is 0. The van der Waals surface area contributed by atoms with Crippen molar-refractivity contribution in [2.45, 2.75) is 13.8 Å². The zero-order valence-electron chi connectivity index (χ0n) is 17.6. The van der Waals surface area contributed by atoms with E-state index in [0.717, 1.165) is 34.7 Å². The van der Waals surface area contributed by atoms with Crippen LogP contribution in [0.2, 0.25) is 0 Å². The molecule has 0 bridgehead atoms. The summed E-state index contributed by atoms with van der Waals surface area (Å²) >= 11 is 1.46. The molecule has 3 aromatic rings. The summed E-state index contributed by atoms with van der Waals surface area (Å²) in [6, 6.07) is 14.7. The highest BCUT2D eigenvalue weighted by Crippen LogP contribution is 2.23. The Morgan fingerprint density at radius 3 is 2.39 bits per heavy atom. The van der Waals surface area contributed by atoms with Crippen molar-refractivity contribution in [3.8, 4) is 11.3 Å². The third-order valence-corrected chi connectivity index (χ3v) is 5.61. The van der Waals surface area contributed by atoms with E-state index in [2.05, 4.69) is 47.6 Å². The fraction of sp³-hybridized carbons (Fsp3) is 0.217. The van der Waals surface area contributed by atoms with E-state index in [1.807, 2.05) is 17.5 Å². The topological polar surface area (TPSA) is 76.0 Å². The van der Waals surface area contributed by atoms with Gasteiger partial charge in [0.15, 0.2) is 0 Å². The Balaban J connectivity index is 1.96. The number of nitro benzene ring substituents is 1. The Kier molecular flexibility index (Phi) is 7.50. The van der Waals surface area contributed by atoms with Crippen LogP contribution >= 0.6 is 11.3 Å². The van der Waals surface area contributed by atoms with E-state index in [9.17, 15) is 10.1 Å². The van der Waals surface area contributed by atoms with Crippen LogP contribution in [0, 0.1) is 10.1 Å². The highest BCUT2D eigenvalue weighted by Gasteiger charge is 2.10. The summed E-state index contributed by atoms with van der Waals surface area (Å²) in [4.78, 5) is 18.1. The normalized spacial score (nSPS) is 11.7. The van der Waals surface area contributed by atoms with Crippen molar-refractivity contribution in [2.75, 3.05) is 24.5 Å². The largest absolute Gasteiger partial charge is 0.372 e. The second kappa shape index (κ2) is 10.5. The van der Waals surface area contributed by atoms with Crippen LogP contribution in [0.4, 0.5) is 11.4 Å². The van der Waals surface area contributed by atoms with Crippen LogP contribution in [0.3, 0.4) is 0 Å². The van der Waals surface area contributed by atoms with Crippen LogP contribution in [-0.4, -0.2) is 35.4 Å². The molecule has 2 aromatic carbocycles. The molecule has 0 atom stereocenters. The Morgan fingerprint density at radius 1 is 1.13 bits per heavy atom. The van der Waals surface area contributed by atoms with Gasteiger partial charge in [0.2, 0.25) is 4.80 Å². The lowest BCUT2D eigenvalue weighted by Gasteiger charge is -2.20. The highest BCUT2D eigenvalue weighted by atomic mass is 32.1. The molecule has 0 saturated carbocycles. The van der Waals surface area contributed by atoms with Gasteiger partial charge in [0.1, 0.15) is 0 Å². The lowest BCUT2D eigenvalue weighted by molar-refractivity contribution is -0.384. The number of hydrogen-bond acceptors (Lipinski definition) is 6. The van der Waals surface area contributed by atoms with Gasteiger partial charge in [-0.1, -0.05) is 18.2 Å². The van der Waals surface area contributed by atoms with Crippen LogP contribution in [0.15, 0.2) is 76.7 Å². The Bertz CT molecular complexity index is 1120. The average Bonchev–Trinajstić information content (AvgIpc) is 3.20. The molecule has 7 nitrogen and oxygen atoms in total. The first kappa shape index (κ1) is 22.2. The van der Waals surface area contributed by atoms with Crippen molar-refractivity contribution in [2.24, 2.45) is 10.1 Å². The molecule has 0 unspecified atom stereocenters. The van der Waals surface area contributed by atoms with Gasteiger partial charge in [-0.3, -0.25) is 15.1 Å². The zero-order chi connectivity index (χ0) is 22.2. The van der Waals surface area contributed by atoms with Gasteiger partial charge in [-0.2, -0.15) is 5.10 Å². The van der Waals surface area contributed by atoms with Crippen molar-refractivity contribution in [1.29, 1.82) is 0 Å². The van der Waals surface area contributed by atoms with E-state index in [-0.39, 0.29) is 5.69 Å². The summed E-state index contributed by atoms with van der Waals surface area (Å²) in [6.45, 7) is 10.4. The van der Waals surface area contributed by atoms with E-state index >= 15 is 0 Å². The fourth-order valence-corrected chi connectivity index (χ4v) is 3.95. The number of rotatable bonds is 9. The van der Waals surface area contributed by atoms with E-state index in [1.165, 1.54) is 29.2 Å². The Morgan fingerprint density at radius 2 is 1.81 bits per heavy atom. The molecule has 0 aliphatic heterocycles. The fourth-order valence-electron chi connectivity index (χ4n) is 3.10. The number of anilines is 1. The standard InChI is InChI=1S/C23H25N5O2S/c1-4-15-24-23-27(22(17-31-23)19-9-13-21(14-10-19)28(29)30)25-16-18-7-11-20(12-8-18)26(5-2)6-3/h4,7-14,16-17H,1,5-6,15H2,2-3H3.